The highest BCUT2D eigenvalue weighted by Crippen LogP contribution is 2.28. The van der Waals surface area contributed by atoms with Crippen LogP contribution in [0.25, 0.3) is 10.9 Å². The van der Waals surface area contributed by atoms with E-state index in [1.54, 1.807) is 38.4 Å². The topological polar surface area (TPSA) is 84.3 Å². The first-order valence-electron chi connectivity index (χ1n) is 8.28. The van der Waals surface area contributed by atoms with Gasteiger partial charge in [-0.3, -0.25) is 19.0 Å². The van der Waals surface area contributed by atoms with Crippen LogP contribution in [0.3, 0.4) is 0 Å². The van der Waals surface area contributed by atoms with Gasteiger partial charge >= 0.3 is 0 Å². The van der Waals surface area contributed by atoms with Crippen molar-refractivity contribution in [3.8, 4) is 0 Å². The Morgan fingerprint density at radius 3 is 2.71 bits per heavy atom. The van der Waals surface area contributed by atoms with Crippen LogP contribution in [0.2, 0.25) is 0 Å². The predicted octanol–water partition coefficient (Wildman–Crippen LogP) is 2.95. The highest BCUT2D eigenvalue weighted by Gasteiger charge is 2.14. The van der Waals surface area contributed by atoms with Gasteiger partial charge in [-0.2, -0.15) is 0 Å². The first kappa shape index (κ1) is 19.6. The van der Waals surface area contributed by atoms with Crippen LogP contribution >= 0.6 is 11.8 Å². The van der Waals surface area contributed by atoms with E-state index in [0.29, 0.717) is 16.1 Å². The van der Waals surface area contributed by atoms with Crippen LogP contribution in [0, 0.1) is 5.82 Å². The molecule has 144 valence electrons. The van der Waals surface area contributed by atoms with E-state index in [4.69, 9.17) is 0 Å². The molecule has 0 unspecified atom stereocenters. The molecule has 3 aromatic rings. The van der Waals surface area contributed by atoms with Gasteiger partial charge < -0.3 is 10.2 Å². The minimum atomic E-state index is -0.551. The first-order valence-corrected chi connectivity index (χ1v) is 9.09. The monoisotopic (exact) mass is 400 g/mol. The molecule has 0 spiro atoms. The molecular weight excluding hydrogens is 383 g/mol. The van der Waals surface area contributed by atoms with Crippen LogP contribution in [0.5, 0.6) is 0 Å². The quantitative estimate of drug-likeness (QED) is 0.681. The molecule has 0 aliphatic carbocycles. The summed E-state index contributed by atoms with van der Waals surface area (Å²) in [6.45, 7) is -0.293. The lowest BCUT2D eigenvalue weighted by molar-refractivity contribution is -0.116. The van der Waals surface area contributed by atoms with E-state index in [0.717, 1.165) is 22.4 Å². The van der Waals surface area contributed by atoms with Gasteiger partial charge in [0.25, 0.3) is 10.8 Å². The Kier molecular flexibility index (Phi) is 5.74. The first-order chi connectivity index (χ1) is 13.3. The SMILES string of the molecule is CN(C)C(=O)Sc1ccccc1NC(=O)Cn1cnc2ccc(F)cc2c1=O. The molecule has 0 aliphatic rings. The number of hydrogen-bond donors (Lipinski definition) is 1. The smallest absolute Gasteiger partial charge is 0.286 e. The summed E-state index contributed by atoms with van der Waals surface area (Å²) in [6.07, 6.45) is 1.25. The van der Waals surface area contributed by atoms with E-state index in [9.17, 15) is 18.8 Å². The second-order valence-corrected chi connectivity index (χ2v) is 7.14. The van der Waals surface area contributed by atoms with Crippen LogP contribution in [0.4, 0.5) is 14.9 Å². The van der Waals surface area contributed by atoms with E-state index >= 15 is 0 Å². The number of para-hydroxylation sites is 1. The Balaban J connectivity index is 1.80. The minimum Gasteiger partial charge on any atom is -0.339 e. The van der Waals surface area contributed by atoms with Gasteiger partial charge in [0, 0.05) is 19.0 Å². The van der Waals surface area contributed by atoms with Crippen molar-refractivity contribution in [3.63, 3.8) is 0 Å². The molecule has 0 saturated carbocycles. The van der Waals surface area contributed by atoms with Gasteiger partial charge in [-0.25, -0.2) is 9.37 Å². The third-order valence-corrected chi connectivity index (χ3v) is 4.94. The number of carbonyl (C=O) groups excluding carboxylic acids is 2. The summed E-state index contributed by atoms with van der Waals surface area (Å²) in [4.78, 5) is 42.9. The maximum absolute atomic E-state index is 13.4. The Bertz CT molecular complexity index is 1110. The van der Waals surface area contributed by atoms with Crippen molar-refractivity contribution in [2.24, 2.45) is 0 Å². The van der Waals surface area contributed by atoms with Gasteiger partial charge in [0.05, 0.1) is 22.9 Å². The summed E-state index contributed by atoms with van der Waals surface area (Å²) in [5.41, 5.74) is 0.303. The van der Waals surface area contributed by atoms with E-state index in [-0.39, 0.29) is 17.2 Å². The lowest BCUT2D eigenvalue weighted by atomic mass is 10.2. The molecule has 0 aliphatic heterocycles. The standard InChI is InChI=1S/C19H17FN4O3S/c1-23(2)19(27)28-16-6-4-3-5-15(16)22-17(25)10-24-11-21-14-8-7-12(20)9-13(14)18(24)26/h3-9,11H,10H2,1-2H3,(H,22,25). The Labute approximate surface area is 164 Å². The van der Waals surface area contributed by atoms with Crippen LogP contribution in [0.1, 0.15) is 0 Å². The molecule has 2 aromatic carbocycles. The number of amides is 2. The number of carbonyl (C=O) groups is 2. The zero-order chi connectivity index (χ0) is 20.3. The van der Waals surface area contributed by atoms with Crippen molar-refractivity contribution >= 4 is 39.5 Å². The van der Waals surface area contributed by atoms with Gasteiger partial charge in [-0.05, 0) is 42.1 Å². The Hall–Kier alpha value is -3.20. The summed E-state index contributed by atoms with van der Waals surface area (Å²) in [6, 6.07) is 10.6. The van der Waals surface area contributed by atoms with Crippen molar-refractivity contribution in [1.82, 2.24) is 14.5 Å². The lowest BCUT2D eigenvalue weighted by Gasteiger charge is -2.13. The average Bonchev–Trinajstić information content (AvgIpc) is 2.66. The highest BCUT2D eigenvalue weighted by atomic mass is 32.2. The van der Waals surface area contributed by atoms with Crippen molar-refractivity contribution in [3.05, 3.63) is 65.0 Å². The predicted molar refractivity (Wildman–Crippen MR) is 106 cm³/mol. The van der Waals surface area contributed by atoms with E-state index < -0.39 is 17.3 Å². The van der Waals surface area contributed by atoms with E-state index in [1.807, 2.05) is 0 Å². The molecule has 0 fully saturated rings. The maximum Gasteiger partial charge on any atom is 0.286 e. The van der Waals surface area contributed by atoms with Crippen molar-refractivity contribution in [2.75, 3.05) is 19.4 Å². The normalized spacial score (nSPS) is 10.7. The fraction of sp³-hybridized carbons (Fsp3) is 0.158. The van der Waals surface area contributed by atoms with Gasteiger partial charge in [-0.1, -0.05) is 12.1 Å². The largest absolute Gasteiger partial charge is 0.339 e. The third-order valence-electron chi connectivity index (χ3n) is 3.82. The number of nitrogens with zero attached hydrogens (tertiary/aromatic N) is 3. The Morgan fingerprint density at radius 2 is 1.96 bits per heavy atom. The molecule has 2 amide bonds. The second-order valence-electron chi connectivity index (χ2n) is 6.15. The molecule has 0 radical (unpaired) electrons. The zero-order valence-electron chi connectivity index (χ0n) is 15.2. The van der Waals surface area contributed by atoms with Gasteiger partial charge in [0.1, 0.15) is 12.4 Å². The fourth-order valence-electron chi connectivity index (χ4n) is 2.43. The lowest BCUT2D eigenvalue weighted by Crippen LogP contribution is -2.28. The molecule has 1 N–H and O–H groups in total. The summed E-state index contributed by atoms with van der Waals surface area (Å²) >= 11 is 0.983. The van der Waals surface area contributed by atoms with Crippen LogP contribution in [-0.2, 0) is 11.3 Å². The number of hydrogen-bond acceptors (Lipinski definition) is 5. The maximum atomic E-state index is 13.4. The Morgan fingerprint density at radius 1 is 1.21 bits per heavy atom. The molecular formula is C19H17FN4O3S. The van der Waals surface area contributed by atoms with Gasteiger partial charge in [0.15, 0.2) is 0 Å². The molecule has 1 heterocycles. The number of fused-ring (bicyclic) bond motifs is 1. The highest BCUT2D eigenvalue weighted by molar-refractivity contribution is 8.13. The number of halogens is 1. The van der Waals surface area contributed by atoms with Crippen molar-refractivity contribution < 1.29 is 14.0 Å². The summed E-state index contributed by atoms with van der Waals surface area (Å²) in [7, 11) is 3.27. The molecule has 1 aromatic heterocycles. The summed E-state index contributed by atoms with van der Waals surface area (Å²) in [5, 5.41) is 2.62. The van der Waals surface area contributed by atoms with Crippen LogP contribution < -0.4 is 10.9 Å². The molecule has 7 nitrogen and oxygen atoms in total. The summed E-state index contributed by atoms with van der Waals surface area (Å²) < 4.78 is 14.5. The number of anilines is 1. The van der Waals surface area contributed by atoms with E-state index in [2.05, 4.69) is 10.3 Å². The van der Waals surface area contributed by atoms with Gasteiger partial charge in [0.2, 0.25) is 5.91 Å². The number of thioether (sulfide) groups is 1. The number of nitrogens with one attached hydrogen (secondary N) is 1. The fourth-order valence-corrected chi connectivity index (χ4v) is 3.18. The molecule has 9 heteroatoms. The second kappa shape index (κ2) is 8.22. The number of rotatable bonds is 4. The molecule has 0 bridgehead atoms. The van der Waals surface area contributed by atoms with Gasteiger partial charge in [-0.15, -0.1) is 0 Å². The van der Waals surface area contributed by atoms with Crippen LogP contribution in [0.15, 0.2) is 58.5 Å². The van der Waals surface area contributed by atoms with Crippen molar-refractivity contribution in [2.45, 2.75) is 11.4 Å². The van der Waals surface area contributed by atoms with E-state index in [1.165, 1.54) is 23.4 Å². The third kappa shape index (κ3) is 4.37. The number of benzene rings is 2. The average molecular weight is 400 g/mol. The summed E-state index contributed by atoms with van der Waals surface area (Å²) in [5.74, 6) is -1.02. The molecule has 0 atom stereocenters. The molecule has 0 saturated heterocycles. The molecule has 3 rings (SSSR count). The van der Waals surface area contributed by atoms with Crippen LogP contribution in [-0.4, -0.2) is 39.7 Å². The number of aromatic nitrogens is 2. The zero-order valence-corrected chi connectivity index (χ0v) is 16.0. The van der Waals surface area contributed by atoms with Crippen molar-refractivity contribution in [1.29, 1.82) is 0 Å². The minimum absolute atomic E-state index is 0.0998. The molecule has 28 heavy (non-hydrogen) atoms.